The second-order valence-electron chi connectivity index (χ2n) is 5.32. The molecule has 0 aromatic heterocycles. The third kappa shape index (κ3) is 4.26. The van der Waals surface area contributed by atoms with Gasteiger partial charge in [0.05, 0.1) is 11.5 Å². The fourth-order valence-electron chi connectivity index (χ4n) is 2.36. The van der Waals surface area contributed by atoms with Crippen molar-refractivity contribution in [1.29, 1.82) is 0 Å². The lowest BCUT2D eigenvalue weighted by molar-refractivity contribution is 0.0536. The molecule has 1 heterocycles. The fourth-order valence-corrected chi connectivity index (χ4v) is 3.16. The van der Waals surface area contributed by atoms with Crippen LogP contribution in [0.15, 0.2) is 23.1 Å². The highest BCUT2D eigenvalue weighted by Gasteiger charge is 2.17. The number of amides is 1. The fraction of sp³-hybridized carbons (Fsp3) is 0.500. The third-order valence-corrected chi connectivity index (χ3v) is 4.62. The first kappa shape index (κ1) is 15.9. The van der Waals surface area contributed by atoms with E-state index >= 15 is 0 Å². The van der Waals surface area contributed by atoms with Gasteiger partial charge in [-0.2, -0.15) is 0 Å². The predicted octanol–water partition coefficient (Wildman–Crippen LogP) is 0.799. The van der Waals surface area contributed by atoms with E-state index in [0.717, 1.165) is 19.4 Å². The Morgan fingerprint density at radius 2 is 2.24 bits per heavy atom. The third-order valence-electron chi connectivity index (χ3n) is 3.56. The van der Waals surface area contributed by atoms with E-state index in [2.05, 4.69) is 5.32 Å². The van der Waals surface area contributed by atoms with Crippen LogP contribution >= 0.6 is 0 Å². The number of nitrogens with one attached hydrogen (secondary N) is 1. The van der Waals surface area contributed by atoms with E-state index in [1.165, 1.54) is 6.07 Å². The topological polar surface area (TPSA) is 98.5 Å². The molecule has 0 saturated carbocycles. The van der Waals surface area contributed by atoms with Gasteiger partial charge in [-0.3, -0.25) is 4.79 Å². The van der Waals surface area contributed by atoms with E-state index in [1.807, 2.05) is 0 Å². The van der Waals surface area contributed by atoms with Crippen molar-refractivity contribution in [2.75, 3.05) is 19.8 Å². The molecule has 21 heavy (non-hydrogen) atoms. The van der Waals surface area contributed by atoms with Gasteiger partial charge in [0.2, 0.25) is 10.0 Å². The molecule has 1 amide bonds. The van der Waals surface area contributed by atoms with Crippen LogP contribution in [0.1, 0.15) is 28.8 Å². The number of carbonyl (C=O) groups excluding carboxylic acids is 1. The Morgan fingerprint density at radius 3 is 2.86 bits per heavy atom. The molecule has 0 aliphatic carbocycles. The molecule has 0 bridgehead atoms. The second-order valence-corrected chi connectivity index (χ2v) is 6.85. The minimum atomic E-state index is -3.82. The molecule has 6 nitrogen and oxygen atoms in total. The Labute approximate surface area is 124 Å². The van der Waals surface area contributed by atoms with E-state index in [9.17, 15) is 13.2 Å². The summed E-state index contributed by atoms with van der Waals surface area (Å²) in [5, 5.41) is 7.95. The molecule has 1 unspecified atom stereocenters. The first-order valence-corrected chi connectivity index (χ1v) is 8.42. The van der Waals surface area contributed by atoms with Crippen molar-refractivity contribution in [3.63, 3.8) is 0 Å². The molecule has 0 spiro atoms. The Kier molecular flexibility index (Phi) is 4.97. The number of ether oxygens (including phenoxy) is 1. The van der Waals surface area contributed by atoms with Gasteiger partial charge in [0, 0.05) is 18.7 Å². The molecule has 116 valence electrons. The van der Waals surface area contributed by atoms with E-state index in [1.54, 1.807) is 19.1 Å². The van der Waals surface area contributed by atoms with Crippen molar-refractivity contribution in [1.82, 2.24) is 5.32 Å². The molecule has 3 N–H and O–H groups in total. The zero-order valence-electron chi connectivity index (χ0n) is 12.0. The number of hydrogen-bond donors (Lipinski definition) is 2. The smallest absolute Gasteiger partial charge is 0.251 e. The highest BCUT2D eigenvalue weighted by molar-refractivity contribution is 7.89. The average Bonchev–Trinajstić information content (AvgIpc) is 2.45. The number of benzene rings is 1. The lowest BCUT2D eigenvalue weighted by Crippen LogP contribution is -2.33. The van der Waals surface area contributed by atoms with Crippen LogP contribution in [0.3, 0.4) is 0 Å². The zero-order chi connectivity index (χ0) is 15.5. The minimum Gasteiger partial charge on any atom is -0.381 e. The van der Waals surface area contributed by atoms with Crippen LogP contribution < -0.4 is 10.5 Å². The van der Waals surface area contributed by atoms with Crippen LogP contribution in [-0.2, 0) is 14.8 Å². The van der Waals surface area contributed by atoms with Crippen LogP contribution in [0.25, 0.3) is 0 Å². The average molecular weight is 312 g/mol. The van der Waals surface area contributed by atoms with Crippen molar-refractivity contribution in [2.45, 2.75) is 24.7 Å². The standard InChI is InChI=1S/C14H20N2O4S/c1-10-4-5-12(7-13(10)21(15,18)19)14(17)16-8-11-3-2-6-20-9-11/h4-5,7,11H,2-3,6,8-9H2,1H3,(H,16,17)(H2,15,18,19). The Hall–Kier alpha value is -1.44. The minimum absolute atomic E-state index is 0.0175. The first-order valence-electron chi connectivity index (χ1n) is 6.87. The van der Waals surface area contributed by atoms with E-state index in [4.69, 9.17) is 9.88 Å². The SMILES string of the molecule is Cc1ccc(C(=O)NCC2CCCOC2)cc1S(N)(=O)=O. The maximum atomic E-state index is 12.1. The predicted molar refractivity (Wildman–Crippen MR) is 78.4 cm³/mol. The summed E-state index contributed by atoms with van der Waals surface area (Å²) in [4.78, 5) is 12.1. The number of rotatable bonds is 4. The molecule has 1 saturated heterocycles. The van der Waals surface area contributed by atoms with Gasteiger partial charge in [0.25, 0.3) is 5.91 Å². The highest BCUT2D eigenvalue weighted by atomic mass is 32.2. The molecular formula is C14H20N2O4S. The number of sulfonamides is 1. The highest BCUT2D eigenvalue weighted by Crippen LogP contribution is 2.16. The zero-order valence-corrected chi connectivity index (χ0v) is 12.8. The Balaban J connectivity index is 2.05. The van der Waals surface area contributed by atoms with Gasteiger partial charge < -0.3 is 10.1 Å². The van der Waals surface area contributed by atoms with Gasteiger partial charge in [-0.25, -0.2) is 13.6 Å². The summed E-state index contributed by atoms with van der Waals surface area (Å²) >= 11 is 0. The lowest BCUT2D eigenvalue weighted by atomic mass is 10.0. The van der Waals surface area contributed by atoms with Crippen LogP contribution in [0.4, 0.5) is 0 Å². The largest absolute Gasteiger partial charge is 0.381 e. The molecular weight excluding hydrogens is 292 g/mol. The van der Waals surface area contributed by atoms with Crippen molar-refractivity contribution >= 4 is 15.9 Å². The quantitative estimate of drug-likeness (QED) is 0.859. The van der Waals surface area contributed by atoms with Crippen molar-refractivity contribution in [3.05, 3.63) is 29.3 Å². The van der Waals surface area contributed by atoms with Crippen molar-refractivity contribution < 1.29 is 17.9 Å². The maximum Gasteiger partial charge on any atom is 0.251 e. The molecule has 1 aromatic rings. The van der Waals surface area contributed by atoms with E-state index < -0.39 is 10.0 Å². The summed E-state index contributed by atoms with van der Waals surface area (Å²) < 4.78 is 28.3. The van der Waals surface area contributed by atoms with Crippen LogP contribution in [0.5, 0.6) is 0 Å². The van der Waals surface area contributed by atoms with Crippen LogP contribution in [-0.4, -0.2) is 34.1 Å². The number of hydrogen-bond acceptors (Lipinski definition) is 4. The van der Waals surface area contributed by atoms with Crippen LogP contribution in [0, 0.1) is 12.8 Å². The van der Waals surface area contributed by atoms with Gasteiger partial charge in [-0.15, -0.1) is 0 Å². The molecule has 7 heteroatoms. The molecule has 1 aliphatic rings. The van der Waals surface area contributed by atoms with Gasteiger partial charge in [0.15, 0.2) is 0 Å². The van der Waals surface area contributed by atoms with Gasteiger partial charge >= 0.3 is 0 Å². The van der Waals surface area contributed by atoms with E-state index in [-0.39, 0.29) is 10.8 Å². The van der Waals surface area contributed by atoms with Crippen molar-refractivity contribution in [2.24, 2.45) is 11.1 Å². The maximum absolute atomic E-state index is 12.1. The summed E-state index contributed by atoms with van der Waals surface area (Å²) in [5.41, 5.74) is 0.816. The molecule has 1 aromatic carbocycles. The molecule has 1 fully saturated rings. The first-order chi connectivity index (χ1) is 9.88. The molecule has 0 radical (unpaired) electrons. The lowest BCUT2D eigenvalue weighted by Gasteiger charge is -2.22. The summed E-state index contributed by atoms with van der Waals surface area (Å²) in [6.45, 7) is 3.59. The molecule has 1 atom stereocenters. The number of primary sulfonamides is 1. The number of nitrogens with two attached hydrogens (primary N) is 1. The summed E-state index contributed by atoms with van der Waals surface area (Å²) in [6, 6.07) is 4.49. The van der Waals surface area contributed by atoms with Crippen molar-refractivity contribution in [3.8, 4) is 0 Å². The number of carbonyl (C=O) groups is 1. The van der Waals surface area contributed by atoms with E-state index in [0.29, 0.717) is 30.2 Å². The van der Waals surface area contributed by atoms with Gasteiger partial charge in [-0.05, 0) is 43.4 Å². The second kappa shape index (κ2) is 6.55. The molecule has 2 rings (SSSR count). The normalized spacial score (nSPS) is 19.2. The van der Waals surface area contributed by atoms with Gasteiger partial charge in [0.1, 0.15) is 0 Å². The van der Waals surface area contributed by atoms with Gasteiger partial charge in [-0.1, -0.05) is 6.07 Å². The van der Waals surface area contributed by atoms with Crippen LogP contribution in [0.2, 0.25) is 0 Å². The summed E-state index contributed by atoms with van der Waals surface area (Å²) in [5.74, 6) is 0.0105. The molecule has 1 aliphatic heterocycles. The summed E-state index contributed by atoms with van der Waals surface area (Å²) in [7, 11) is -3.82. The summed E-state index contributed by atoms with van der Waals surface area (Å²) in [6.07, 6.45) is 2.03. The Bertz CT molecular complexity index is 622. The Morgan fingerprint density at radius 1 is 1.48 bits per heavy atom. The monoisotopic (exact) mass is 312 g/mol. The number of aryl methyl sites for hydroxylation is 1.